The van der Waals surface area contributed by atoms with Crippen molar-refractivity contribution in [2.75, 3.05) is 11.9 Å². The Kier molecular flexibility index (Phi) is 3.84. The number of aliphatic hydroxyl groups is 1. The summed E-state index contributed by atoms with van der Waals surface area (Å²) in [5.41, 5.74) is 1.51. The molecule has 3 aromatic rings. The van der Waals surface area contributed by atoms with Crippen LogP contribution in [0.2, 0.25) is 0 Å². The molecule has 0 fully saturated rings. The second-order valence-corrected chi connectivity index (χ2v) is 5.01. The van der Waals surface area contributed by atoms with Crippen LogP contribution in [0, 0.1) is 5.82 Å². The average molecular weight is 281 g/mol. The molecule has 0 spiro atoms. The van der Waals surface area contributed by atoms with Crippen LogP contribution in [0.1, 0.15) is 11.7 Å². The van der Waals surface area contributed by atoms with Crippen molar-refractivity contribution in [1.29, 1.82) is 0 Å². The highest BCUT2D eigenvalue weighted by molar-refractivity contribution is 5.83. The van der Waals surface area contributed by atoms with E-state index in [-0.39, 0.29) is 5.82 Å². The van der Waals surface area contributed by atoms with E-state index < -0.39 is 6.10 Å². The Morgan fingerprint density at radius 2 is 1.71 bits per heavy atom. The van der Waals surface area contributed by atoms with E-state index in [1.165, 1.54) is 12.1 Å². The molecule has 0 aliphatic carbocycles. The normalized spacial score (nSPS) is 12.3. The molecule has 0 aromatic heterocycles. The third kappa shape index (κ3) is 3.20. The fourth-order valence-electron chi connectivity index (χ4n) is 2.35. The number of rotatable bonds is 4. The zero-order valence-corrected chi connectivity index (χ0v) is 11.5. The van der Waals surface area contributed by atoms with E-state index in [4.69, 9.17) is 0 Å². The van der Waals surface area contributed by atoms with Gasteiger partial charge in [0.05, 0.1) is 6.10 Å². The lowest BCUT2D eigenvalue weighted by Crippen LogP contribution is -2.12. The van der Waals surface area contributed by atoms with Gasteiger partial charge in [0.25, 0.3) is 0 Å². The summed E-state index contributed by atoms with van der Waals surface area (Å²) < 4.78 is 13.1. The third-order valence-electron chi connectivity index (χ3n) is 3.48. The number of aliphatic hydroxyl groups excluding tert-OH is 1. The van der Waals surface area contributed by atoms with Gasteiger partial charge in [-0.2, -0.15) is 0 Å². The molecule has 0 saturated carbocycles. The van der Waals surface area contributed by atoms with Crippen molar-refractivity contribution >= 4 is 16.5 Å². The molecular formula is C18H16FNO. The van der Waals surface area contributed by atoms with Gasteiger partial charge in [0.2, 0.25) is 0 Å². The predicted molar refractivity (Wildman–Crippen MR) is 83.8 cm³/mol. The zero-order valence-electron chi connectivity index (χ0n) is 11.5. The maximum Gasteiger partial charge on any atom is 0.125 e. The number of anilines is 1. The molecule has 21 heavy (non-hydrogen) atoms. The minimum absolute atomic E-state index is 0.291. The summed E-state index contributed by atoms with van der Waals surface area (Å²) >= 11 is 0. The summed E-state index contributed by atoms with van der Waals surface area (Å²) in [6, 6.07) is 20.1. The van der Waals surface area contributed by atoms with E-state index in [0.29, 0.717) is 12.2 Å². The summed E-state index contributed by atoms with van der Waals surface area (Å²) in [6.07, 6.45) is -0.641. The molecule has 0 aliphatic rings. The first-order valence-corrected chi connectivity index (χ1v) is 6.88. The average Bonchev–Trinajstić information content (AvgIpc) is 2.52. The van der Waals surface area contributed by atoms with Crippen molar-refractivity contribution in [2.45, 2.75) is 6.10 Å². The molecule has 0 radical (unpaired) electrons. The molecule has 1 atom stereocenters. The number of halogens is 1. The summed E-state index contributed by atoms with van der Waals surface area (Å²) in [5.74, 6) is -0.291. The van der Waals surface area contributed by atoms with Gasteiger partial charge >= 0.3 is 0 Å². The molecule has 3 aromatic carbocycles. The predicted octanol–water partition coefficient (Wildman–Crippen LogP) is 4.12. The van der Waals surface area contributed by atoms with E-state index in [2.05, 4.69) is 5.32 Å². The number of hydrogen-bond acceptors (Lipinski definition) is 2. The number of benzene rings is 3. The lowest BCUT2D eigenvalue weighted by atomic mass is 10.0. The lowest BCUT2D eigenvalue weighted by molar-refractivity contribution is 0.192. The Morgan fingerprint density at radius 3 is 2.52 bits per heavy atom. The molecular weight excluding hydrogens is 265 g/mol. The highest BCUT2D eigenvalue weighted by Crippen LogP contribution is 2.21. The van der Waals surface area contributed by atoms with Gasteiger partial charge in [0.1, 0.15) is 5.82 Å². The molecule has 3 heteroatoms. The molecule has 2 nitrogen and oxygen atoms in total. The van der Waals surface area contributed by atoms with Gasteiger partial charge < -0.3 is 10.4 Å². The van der Waals surface area contributed by atoms with E-state index in [9.17, 15) is 9.50 Å². The molecule has 2 N–H and O–H groups in total. The second kappa shape index (κ2) is 5.94. The molecule has 0 aliphatic heterocycles. The van der Waals surface area contributed by atoms with Gasteiger partial charge in [0, 0.05) is 12.2 Å². The number of fused-ring (bicyclic) bond motifs is 1. The number of hydrogen-bond donors (Lipinski definition) is 2. The van der Waals surface area contributed by atoms with Crippen LogP contribution >= 0.6 is 0 Å². The van der Waals surface area contributed by atoms with Crippen molar-refractivity contribution in [1.82, 2.24) is 0 Å². The van der Waals surface area contributed by atoms with Crippen LogP contribution in [0.15, 0.2) is 66.7 Å². The minimum atomic E-state index is -0.641. The molecule has 0 bridgehead atoms. The lowest BCUT2D eigenvalue weighted by Gasteiger charge is -2.14. The molecule has 0 heterocycles. The summed E-state index contributed by atoms with van der Waals surface area (Å²) in [5, 5.41) is 15.5. The summed E-state index contributed by atoms with van der Waals surface area (Å²) in [7, 11) is 0. The number of nitrogens with one attached hydrogen (secondary N) is 1. The quantitative estimate of drug-likeness (QED) is 0.754. The topological polar surface area (TPSA) is 32.3 Å². The van der Waals surface area contributed by atoms with Crippen molar-refractivity contribution in [2.24, 2.45) is 0 Å². The molecule has 106 valence electrons. The van der Waals surface area contributed by atoms with E-state index in [1.807, 2.05) is 42.5 Å². The van der Waals surface area contributed by atoms with E-state index in [1.54, 1.807) is 12.1 Å². The van der Waals surface area contributed by atoms with Gasteiger partial charge in [-0.15, -0.1) is 0 Å². The first-order valence-electron chi connectivity index (χ1n) is 6.88. The smallest absolute Gasteiger partial charge is 0.125 e. The molecule has 1 unspecified atom stereocenters. The van der Waals surface area contributed by atoms with Crippen LogP contribution in [-0.4, -0.2) is 11.7 Å². The van der Waals surface area contributed by atoms with Crippen LogP contribution < -0.4 is 5.32 Å². The minimum Gasteiger partial charge on any atom is -0.387 e. The second-order valence-electron chi connectivity index (χ2n) is 5.01. The largest absolute Gasteiger partial charge is 0.387 e. The first kappa shape index (κ1) is 13.6. The van der Waals surface area contributed by atoms with Crippen molar-refractivity contribution in [3.05, 3.63) is 78.1 Å². The van der Waals surface area contributed by atoms with E-state index >= 15 is 0 Å². The Bertz CT molecular complexity index is 757. The monoisotopic (exact) mass is 281 g/mol. The molecule has 0 amide bonds. The van der Waals surface area contributed by atoms with Crippen molar-refractivity contribution in [3.8, 4) is 0 Å². The fourth-order valence-corrected chi connectivity index (χ4v) is 2.35. The van der Waals surface area contributed by atoms with Crippen LogP contribution in [0.4, 0.5) is 10.1 Å². The highest BCUT2D eigenvalue weighted by atomic mass is 19.1. The Labute approximate surface area is 122 Å². The third-order valence-corrected chi connectivity index (χ3v) is 3.48. The van der Waals surface area contributed by atoms with Gasteiger partial charge in [-0.1, -0.05) is 42.5 Å². The van der Waals surface area contributed by atoms with Gasteiger partial charge in [0.15, 0.2) is 0 Å². The van der Waals surface area contributed by atoms with Crippen molar-refractivity contribution in [3.63, 3.8) is 0 Å². The summed E-state index contributed by atoms with van der Waals surface area (Å²) in [6.45, 7) is 0.335. The van der Waals surface area contributed by atoms with Crippen LogP contribution in [0.25, 0.3) is 10.8 Å². The fraction of sp³-hybridized carbons (Fsp3) is 0.111. The van der Waals surface area contributed by atoms with Crippen LogP contribution in [0.3, 0.4) is 0 Å². The maximum atomic E-state index is 13.1. The van der Waals surface area contributed by atoms with Crippen LogP contribution in [-0.2, 0) is 0 Å². The highest BCUT2D eigenvalue weighted by Gasteiger charge is 2.08. The van der Waals surface area contributed by atoms with Crippen molar-refractivity contribution < 1.29 is 9.50 Å². The first-order chi connectivity index (χ1) is 10.2. The summed E-state index contributed by atoms with van der Waals surface area (Å²) in [4.78, 5) is 0. The maximum absolute atomic E-state index is 13.1. The molecule has 0 saturated heterocycles. The van der Waals surface area contributed by atoms with Gasteiger partial charge in [-0.25, -0.2) is 4.39 Å². The Morgan fingerprint density at radius 1 is 0.905 bits per heavy atom. The van der Waals surface area contributed by atoms with Crippen LogP contribution in [0.5, 0.6) is 0 Å². The Balaban J connectivity index is 1.73. The van der Waals surface area contributed by atoms with Gasteiger partial charge in [-0.3, -0.25) is 0 Å². The molecule has 3 rings (SSSR count). The SMILES string of the molecule is OC(CNc1cccc(F)c1)c1ccc2ccccc2c1. The van der Waals surface area contributed by atoms with Gasteiger partial charge in [-0.05, 0) is 40.6 Å². The Hall–Kier alpha value is -2.39. The standard InChI is InChI=1S/C18H16FNO/c19-16-6-3-7-17(11-16)20-12-18(21)15-9-8-13-4-1-2-5-14(13)10-15/h1-11,18,20-21H,12H2. The van der Waals surface area contributed by atoms with E-state index in [0.717, 1.165) is 16.3 Å². The zero-order chi connectivity index (χ0) is 14.7.